The van der Waals surface area contributed by atoms with Gasteiger partial charge in [0.25, 0.3) is 0 Å². The number of nitrogens with zero attached hydrogens (tertiary/aromatic N) is 3. The molecule has 1 aromatic heterocycles. The fraction of sp³-hybridized carbons (Fsp3) is 0.750. The van der Waals surface area contributed by atoms with E-state index in [1.54, 1.807) is 0 Å². The van der Waals surface area contributed by atoms with Crippen LogP contribution in [0.15, 0.2) is 12.4 Å². The van der Waals surface area contributed by atoms with Gasteiger partial charge in [-0.1, -0.05) is 0 Å². The molecule has 1 saturated heterocycles. The lowest BCUT2D eigenvalue weighted by atomic mass is 9.92. The van der Waals surface area contributed by atoms with Gasteiger partial charge in [0.2, 0.25) is 5.95 Å². The Labute approximate surface area is 96.9 Å². The second-order valence-electron chi connectivity index (χ2n) is 4.58. The molecular formula is C12H21N3O. The van der Waals surface area contributed by atoms with Gasteiger partial charge in [0, 0.05) is 32.0 Å². The Morgan fingerprint density at radius 1 is 1.50 bits per heavy atom. The van der Waals surface area contributed by atoms with Gasteiger partial charge >= 0.3 is 0 Å². The second-order valence-corrected chi connectivity index (χ2v) is 4.58. The maximum absolute atomic E-state index is 9.56. The Morgan fingerprint density at radius 3 is 2.75 bits per heavy atom. The molecule has 0 spiro atoms. The van der Waals surface area contributed by atoms with Crippen LogP contribution in [0.4, 0.5) is 5.95 Å². The summed E-state index contributed by atoms with van der Waals surface area (Å²) in [6, 6.07) is 0. The van der Waals surface area contributed by atoms with Crippen LogP contribution in [0.2, 0.25) is 0 Å². The first-order chi connectivity index (χ1) is 7.72. The number of rotatable bonds is 3. The van der Waals surface area contributed by atoms with Crippen molar-refractivity contribution in [1.82, 2.24) is 9.55 Å². The summed E-state index contributed by atoms with van der Waals surface area (Å²) in [5.74, 6) is 1.54. The highest BCUT2D eigenvalue weighted by Crippen LogP contribution is 2.24. The molecule has 1 fully saturated rings. The van der Waals surface area contributed by atoms with E-state index in [4.69, 9.17) is 0 Å². The average Bonchev–Trinajstić information content (AvgIpc) is 2.77. The highest BCUT2D eigenvalue weighted by Gasteiger charge is 2.24. The van der Waals surface area contributed by atoms with Crippen molar-refractivity contribution in [2.45, 2.75) is 39.3 Å². The van der Waals surface area contributed by atoms with Crippen LogP contribution in [0.3, 0.4) is 0 Å². The van der Waals surface area contributed by atoms with E-state index in [0.717, 1.165) is 38.4 Å². The molecule has 2 rings (SSSR count). The second kappa shape index (κ2) is 4.87. The minimum Gasteiger partial charge on any atom is -0.393 e. The van der Waals surface area contributed by atoms with Gasteiger partial charge in [0.15, 0.2) is 0 Å². The fourth-order valence-electron chi connectivity index (χ4n) is 2.41. The molecule has 1 atom stereocenters. The molecule has 0 aromatic carbocycles. The monoisotopic (exact) mass is 223 g/mol. The summed E-state index contributed by atoms with van der Waals surface area (Å²) in [5, 5.41) is 9.56. The Hall–Kier alpha value is -1.03. The van der Waals surface area contributed by atoms with Crippen LogP contribution in [0.25, 0.3) is 0 Å². The molecule has 1 N–H and O–H groups in total. The van der Waals surface area contributed by atoms with E-state index in [0.29, 0.717) is 5.92 Å². The summed E-state index contributed by atoms with van der Waals surface area (Å²) < 4.78 is 2.17. The molecule has 1 aromatic rings. The third kappa shape index (κ3) is 2.21. The Morgan fingerprint density at radius 2 is 2.19 bits per heavy atom. The molecule has 16 heavy (non-hydrogen) atoms. The Kier molecular flexibility index (Phi) is 3.49. The lowest BCUT2D eigenvalue weighted by Gasteiger charge is -2.34. The maximum atomic E-state index is 9.56. The Bertz CT molecular complexity index is 327. The topological polar surface area (TPSA) is 41.3 Å². The van der Waals surface area contributed by atoms with Crippen LogP contribution in [-0.2, 0) is 6.54 Å². The molecule has 1 aliphatic rings. The third-order valence-electron chi connectivity index (χ3n) is 3.54. The van der Waals surface area contributed by atoms with Gasteiger partial charge in [0.1, 0.15) is 0 Å². The molecule has 0 radical (unpaired) electrons. The lowest BCUT2D eigenvalue weighted by molar-refractivity contribution is 0.109. The molecule has 0 saturated carbocycles. The van der Waals surface area contributed by atoms with Gasteiger partial charge in [0.05, 0.1) is 6.10 Å². The van der Waals surface area contributed by atoms with E-state index < -0.39 is 0 Å². The lowest BCUT2D eigenvalue weighted by Crippen LogP contribution is -2.38. The molecule has 1 unspecified atom stereocenters. The summed E-state index contributed by atoms with van der Waals surface area (Å²) in [4.78, 5) is 6.73. The van der Waals surface area contributed by atoms with Gasteiger partial charge < -0.3 is 14.6 Å². The van der Waals surface area contributed by atoms with Crippen molar-refractivity contribution in [3.63, 3.8) is 0 Å². The van der Waals surface area contributed by atoms with Crippen molar-refractivity contribution in [2.75, 3.05) is 18.0 Å². The predicted molar refractivity (Wildman–Crippen MR) is 64.5 cm³/mol. The van der Waals surface area contributed by atoms with Crippen LogP contribution in [0, 0.1) is 5.92 Å². The number of aryl methyl sites for hydroxylation is 1. The Balaban J connectivity index is 1.99. The standard InChI is InChI=1S/C12H21N3O/c1-3-14-9-6-13-12(14)15-7-4-11(5-8-15)10(2)16/h6,9-11,16H,3-5,7-8H2,1-2H3. The summed E-state index contributed by atoms with van der Waals surface area (Å²) >= 11 is 0. The van der Waals surface area contributed by atoms with E-state index in [9.17, 15) is 5.11 Å². The van der Waals surface area contributed by atoms with Gasteiger partial charge in [-0.3, -0.25) is 0 Å². The van der Waals surface area contributed by atoms with Crippen LogP contribution >= 0.6 is 0 Å². The summed E-state index contributed by atoms with van der Waals surface area (Å²) in [5.41, 5.74) is 0. The molecule has 4 heteroatoms. The number of aliphatic hydroxyl groups is 1. The van der Waals surface area contributed by atoms with Crippen molar-refractivity contribution in [1.29, 1.82) is 0 Å². The number of anilines is 1. The zero-order valence-corrected chi connectivity index (χ0v) is 10.1. The molecule has 90 valence electrons. The van der Waals surface area contributed by atoms with Gasteiger partial charge in [-0.15, -0.1) is 0 Å². The van der Waals surface area contributed by atoms with Gasteiger partial charge in [-0.05, 0) is 32.6 Å². The molecule has 2 heterocycles. The summed E-state index contributed by atoms with van der Waals surface area (Å²) in [7, 11) is 0. The molecule has 1 aliphatic heterocycles. The van der Waals surface area contributed by atoms with Crippen LogP contribution in [0.1, 0.15) is 26.7 Å². The minimum absolute atomic E-state index is 0.173. The number of hydrogen-bond acceptors (Lipinski definition) is 3. The zero-order chi connectivity index (χ0) is 11.5. The molecule has 0 bridgehead atoms. The largest absolute Gasteiger partial charge is 0.393 e. The third-order valence-corrected chi connectivity index (χ3v) is 3.54. The maximum Gasteiger partial charge on any atom is 0.205 e. The van der Waals surface area contributed by atoms with E-state index in [2.05, 4.69) is 21.4 Å². The number of imidazole rings is 1. The van der Waals surface area contributed by atoms with E-state index in [1.807, 2.05) is 19.3 Å². The van der Waals surface area contributed by atoms with Crippen molar-refractivity contribution < 1.29 is 5.11 Å². The van der Waals surface area contributed by atoms with E-state index in [-0.39, 0.29) is 6.10 Å². The average molecular weight is 223 g/mol. The van der Waals surface area contributed by atoms with Gasteiger partial charge in [-0.2, -0.15) is 0 Å². The van der Waals surface area contributed by atoms with Crippen molar-refractivity contribution in [3.05, 3.63) is 12.4 Å². The minimum atomic E-state index is -0.173. The SMILES string of the molecule is CCn1ccnc1N1CCC(C(C)O)CC1. The highest BCUT2D eigenvalue weighted by molar-refractivity contribution is 5.31. The number of piperidine rings is 1. The van der Waals surface area contributed by atoms with Gasteiger partial charge in [-0.25, -0.2) is 4.98 Å². The van der Waals surface area contributed by atoms with Crippen molar-refractivity contribution in [3.8, 4) is 0 Å². The first-order valence-electron chi connectivity index (χ1n) is 6.16. The van der Waals surface area contributed by atoms with Crippen LogP contribution in [-0.4, -0.2) is 33.9 Å². The summed E-state index contributed by atoms with van der Waals surface area (Å²) in [6.07, 6.45) is 5.84. The van der Waals surface area contributed by atoms with Crippen LogP contribution < -0.4 is 4.90 Å². The van der Waals surface area contributed by atoms with E-state index in [1.165, 1.54) is 0 Å². The fourth-order valence-corrected chi connectivity index (χ4v) is 2.41. The van der Waals surface area contributed by atoms with Crippen molar-refractivity contribution >= 4 is 5.95 Å². The zero-order valence-electron chi connectivity index (χ0n) is 10.1. The smallest absolute Gasteiger partial charge is 0.205 e. The molecular weight excluding hydrogens is 202 g/mol. The highest BCUT2D eigenvalue weighted by atomic mass is 16.3. The van der Waals surface area contributed by atoms with E-state index >= 15 is 0 Å². The number of hydrogen-bond donors (Lipinski definition) is 1. The van der Waals surface area contributed by atoms with Crippen LogP contribution in [0.5, 0.6) is 0 Å². The molecule has 4 nitrogen and oxygen atoms in total. The number of aliphatic hydroxyl groups excluding tert-OH is 1. The normalized spacial score (nSPS) is 20.1. The quantitative estimate of drug-likeness (QED) is 0.844. The first kappa shape index (κ1) is 11.5. The first-order valence-corrected chi connectivity index (χ1v) is 6.16. The molecule has 0 aliphatic carbocycles. The number of aromatic nitrogens is 2. The molecule has 0 amide bonds. The predicted octanol–water partition coefficient (Wildman–Crippen LogP) is 1.50. The van der Waals surface area contributed by atoms with Crippen molar-refractivity contribution in [2.24, 2.45) is 5.92 Å². The summed E-state index contributed by atoms with van der Waals surface area (Å²) in [6.45, 7) is 7.01.